The first kappa shape index (κ1) is 44.0. The molecule has 1 aliphatic rings. The van der Waals surface area contributed by atoms with Gasteiger partial charge in [0.2, 0.25) is 0 Å². The fourth-order valence-corrected chi connectivity index (χ4v) is 6.09. The first-order valence-electron chi connectivity index (χ1n) is 20.3. The number of carbonyl (C=O) groups excluding carboxylic acids is 2. The molecular weight excluding hydrogens is 594 g/mol. The van der Waals surface area contributed by atoms with Gasteiger partial charge in [0, 0.05) is 25.9 Å². The number of allylic oxidation sites excluding steroid dienone is 8. The maximum atomic E-state index is 13.0. The third kappa shape index (κ3) is 26.9. The van der Waals surface area contributed by atoms with E-state index in [1.807, 2.05) is 4.90 Å². The summed E-state index contributed by atoms with van der Waals surface area (Å²) in [5.74, 6) is -0.0524. The van der Waals surface area contributed by atoms with Crippen molar-refractivity contribution in [1.29, 1.82) is 0 Å². The number of β-amino-alcohol motifs (C(OH)–C–C–N with tert-alkyl or cyclic N) is 1. The molecule has 5 heteroatoms. The molecule has 1 saturated heterocycles. The Morgan fingerprint density at radius 2 is 1.00 bits per heavy atom. The van der Waals surface area contributed by atoms with Gasteiger partial charge in [0.1, 0.15) is 12.6 Å². The van der Waals surface area contributed by atoms with Crippen molar-refractivity contribution in [3.8, 4) is 0 Å². The third-order valence-corrected chi connectivity index (χ3v) is 9.31. The predicted molar refractivity (Wildman–Crippen MR) is 205 cm³/mol. The molecule has 0 saturated carbocycles. The molecule has 0 amide bonds. The highest BCUT2D eigenvalue weighted by Gasteiger charge is 2.35. The van der Waals surface area contributed by atoms with E-state index in [9.17, 15) is 14.7 Å². The van der Waals surface area contributed by atoms with Crippen LogP contribution in [0.3, 0.4) is 0 Å². The number of likely N-dealkylation sites (tertiary alicyclic amines) is 1. The van der Waals surface area contributed by atoms with Crippen molar-refractivity contribution in [2.45, 2.75) is 193 Å². The fraction of sp³-hybridized carbons (Fsp3) is 0.767. The minimum atomic E-state index is -0.409. The number of rotatable bonds is 34. The lowest BCUT2D eigenvalue weighted by molar-refractivity contribution is -0.149. The Labute approximate surface area is 296 Å². The van der Waals surface area contributed by atoms with E-state index >= 15 is 0 Å². The lowest BCUT2D eigenvalue weighted by Gasteiger charge is -2.40. The summed E-state index contributed by atoms with van der Waals surface area (Å²) in [4.78, 5) is 27.4. The molecule has 0 aliphatic carbocycles. The summed E-state index contributed by atoms with van der Waals surface area (Å²) in [5, 5.41) is 9.79. The molecule has 48 heavy (non-hydrogen) atoms. The maximum absolute atomic E-state index is 13.0. The molecule has 0 spiro atoms. The van der Waals surface area contributed by atoms with Gasteiger partial charge >= 0.3 is 5.97 Å². The summed E-state index contributed by atoms with van der Waals surface area (Å²) in [5.41, 5.74) is 0. The van der Waals surface area contributed by atoms with E-state index in [4.69, 9.17) is 4.74 Å². The summed E-state index contributed by atoms with van der Waals surface area (Å²) < 4.78 is 5.57. The molecule has 276 valence electrons. The summed E-state index contributed by atoms with van der Waals surface area (Å²) in [6.45, 7) is 5.58. The van der Waals surface area contributed by atoms with Crippen LogP contribution in [0.25, 0.3) is 0 Å². The van der Waals surface area contributed by atoms with Gasteiger partial charge in [-0.2, -0.15) is 0 Å². The first-order chi connectivity index (χ1) is 23.6. The number of aliphatic hydroxyl groups is 1. The second-order valence-corrected chi connectivity index (χ2v) is 13.9. The number of nitrogens with zero attached hydrogens (tertiary/aromatic N) is 1. The van der Waals surface area contributed by atoms with Crippen LogP contribution in [-0.2, 0) is 14.3 Å². The van der Waals surface area contributed by atoms with Crippen LogP contribution < -0.4 is 0 Å². The van der Waals surface area contributed by atoms with Gasteiger partial charge in [-0.1, -0.05) is 146 Å². The summed E-state index contributed by atoms with van der Waals surface area (Å²) in [6.07, 6.45) is 47.1. The lowest BCUT2D eigenvalue weighted by Crippen LogP contribution is -2.59. The van der Waals surface area contributed by atoms with Crippen LogP contribution in [0.15, 0.2) is 48.6 Å². The minimum Gasteiger partial charge on any atom is -0.464 e. The fourth-order valence-electron chi connectivity index (χ4n) is 6.09. The zero-order valence-corrected chi connectivity index (χ0v) is 31.4. The average Bonchev–Trinajstić information content (AvgIpc) is 3.07. The molecular formula is C43H75NO4. The molecule has 0 aromatic carbocycles. The Hall–Kier alpha value is -1.98. The smallest absolute Gasteiger partial charge is 0.305 e. The van der Waals surface area contributed by atoms with Crippen molar-refractivity contribution in [2.24, 2.45) is 0 Å². The van der Waals surface area contributed by atoms with Crippen LogP contribution in [0, 0.1) is 0 Å². The zero-order valence-electron chi connectivity index (χ0n) is 31.4. The molecule has 1 unspecified atom stereocenters. The van der Waals surface area contributed by atoms with E-state index in [0.717, 1.165) is 51.4 Å². The van der Waals surface area contributed by atoms with Gasteiger partial charge in [-0.25, -0.2) is 0 Å². The van der Waals surface area contributed by atoms with Crippen molar-refractivity contribution in [1.82, 2.24) is 4.90 Å². The molecule has 0 radical (unpaired) electrons. The Morgan fingerprint density at radius 1 is 0.583 bits per heavy atom. The standard InChI is InChI=1S/C43H75NO4/c1-3-5-7-9-11-13-15-17-19-20-22-23-25-27-29-31-33-35-42(46)41(44-37-40(45)38-44)39-48-43(47)36-34-32-30-28-26-24-21-18-16-14-12-10-8-6-4-2/h10-13,16-19,40-41,45H,3-9,14-15,20-39H2,1-2H3/b12-10-,13-11-,18-16-,19-17-. The van der Waals surface area contributed by atoms with Gasteiger partial charge in [-0.15, -0.1) is 0 Å². The van der Waals surface area contributed by atoms with Crippen LogP contribution in [0.5, 0.6) is 0 Å². The maximum Gasteiger partial charge on any atom is 0.305 e. The molecule has 0 aromatic rings. The van der Waals surface area contributed by atoms with E-state index < -0.39 is 6.04 Å². The third-order valence-electron chi connectivity index (χ3n) is 9.31. The van der Waals surface area contributed by atoms with E-state index in [2.05, 4.69) is 62.5 Å². The highest BCUT2D eigenvalue weighted by Crippen LogP contribution is 2.18. The number of Topliss-reactive ketones (excluding diaryl/α,β-unsaturated/α-hetero) is 1. The van der Waals surface area contributed by atoms with Crippen molar-refractivity contribution < 1.29 is 19.4 Å². The first-order valence-corrected chi connectivity index (χ1v) is 20.3. The largest absolute Gasteiger partial charge is 0.464 e. The van der Waals surface area contributed by atoms with Gasteiger partial charge in [-0.3, -0.25) is 14.5 Å². The molecule has 1 atom stereocenters. The van der Waals surface area contributed by atoms with Crippen molar-refractivity contribution >= 4 is 11.8 Å². The highest BCUT2D eigenvalue weighted by atomic mass is 16.5. The van der Waals surface area contributed by atoms with E-state index in [1.165, 1.54) is 103 Å². The quantitative estimate of drug-likeness (QED) is 0.0419. The Kier molecular flexibility index (Phi) is 30.8. The topological polar surface area (TPSA) is 66.8 Å². The number of ether oxygens (including phenoxy) is 1. The van der Waals surface area contributed by atoms with Crippen molar-refractivity contribution in [3.05, 3.63) is 48.6 Å². The van der Waals surface area contributed by atoms with Crippen LogP contribution >= 0.6 is 0 Å². The summed E-state index contributed by atoms with van der Waals surface area (Å²) >= 11 is 0. The van der Waals surface area contributed by atoms with E-state index in [1.54, 1.807) is 0 Å². The molecule has 5 nitrogen and oxygen atoms in total. The number of ketones is 1. The Morgan fingerprint density at radius 3 is 1.48 bits per heavy atom. The van der Waals surface area contributed by atoms with Crippen LogP contribution in [0.4, 0.5) is 0 Å². The number of unbranched alkanes of at least 4 members (excludes halogenated alkanes) is 18. The molecule has 0 bridgehead atoms. The monoisotopic (exact) mass is 670 g/mol. The van der Waals surface area contributed by atoms with Gasteiger partial charge in [0.15, 0.2) is 5.78 Å². The van der Waals surface area contributed by atoms with Gasteiger partial charge in [0.05, 0.1) is 6.10 Å². The predicted octanol–water partition coefficient (Wildman–Crippen LogP) is 11.6. The van der Waals surface area contributed by atoms with Crippen molar-refractivity contribution in [2.75, 3.05) is 19.7 Å². The normalized spacial score (nSPS) is 15.0. The molecule has 1 fully saturated rings. The molecule has 1 aliphatic heterocycles. The summed E-state index contributed by atoms with van der Waals surface area (Å²) in [6, 6.07) is -0.409. The minimum absolute atomic E-state index is 0.121. The summed E-state index contributed by atoms with van der Waals surface area (Å²) in [7, 11) is 0. The van der Waals surface area contributed by atoms with Crippen LogP contribution in [-0.4, -0.2) is 53.6 Å². The number of esters is 1. The Balaban J connectivity index is 2.05. The number of carbonyl (C=O) groups is 2. The zero-order chi connectivity index (χ0) is 34.8. The van der Waals surface area contributed by atoms with E-state index in [0.29, 0.717) is 25.9 Å². The lowest BCUT2D eigenvalue weighted by atomic mass is 10.00. The van der Waals surface area contributed by atoms with Crippen molar-refractivity contribution in [3.63, 3.8) is 0 Å². The highest BCUT2D eigenvalue weighted by molar-refractivity contribution is 5.84. The number of aliphatic hydroxyl groups excluding tert-OH is 1. The van der Waals surface area contributed by atoms with Gasteiger partial charge in [0.25, 0.3) is 0 Å². The Bertz CT molecular complexity index is 870. The number of hydrogen-bond acceptors (Lipinski definition) is 5. The second-order valence-electron chi connectivity index (χ2n) is 13.9. The molecule has 1 rings (SSSR count). The SMILES string of the molecule is CCCC/C=C\C/C=C\CCCCCCCCC(=O)OCC(C(=O)CCCCCCCCC/C=C\C/C=C\CCCCC)N1CC(O)C1. The van der Waals surface area contributed by atoms with Crippen LogP contribution in [0.2, 0.25) is 0 Å². The van der Waals surface area contributed by atoms with E-state index in [-0.39, 0.29) is 24.5 Å². The molecule has 0 aromatic heterocycles. The average molecular weight is 670 g/mol. The van der Waals surface area contributed by atoms with Gasteiger partial charge in [-0.05, 0) is 70.6 Å². The molecule has 1 heterocycles. The van der Waals surface area contributed by atoms with Gasteiger partial charge < -0.3 is 9.84 Å². The number of hydrogen-bond donors (Lipinski definition) is 1. The van der Waals surface area contributed by atoms with Crippen LogP contribution in [0.1, 0.15) is 181 Å². The molecule has 1 N–H and O–H groups in total. The second kappa shape index (κ2) is 33.5.